The molecule has 0 bridgehead atoms. The van der Waals surface area contributed by atoms with Crippen molar-refractivity contribution in [1.82, 2.24) is 5.16 Å². The zero-order chi connectivity index (χ0) is 13.8. The molecule has 2 rings (SSSR count). The number of hydrogen-bond acceptors (Lipinski definition) is 5. The molecule has 0 atom stereocenters. The van der Waals surface area contributed by atoms with E-state index in [1.807, 2.05) is 0 Å². The fourth-order valence-electron chi connectivity index (χ4n) is 1.35. The number of methoxy groups -OCH3 is 1. The third-order valence-corrected chi connectivity index (χ3v) is 2.30. The summed E-state index contributed by atoms with van der Waals surface area (Å²) >= 11 is 0. The van der Waals surface area contributed by atoms with Crippen LogP contribution in [0.15, 0.2) is 34.9 Å². The lowest BCUT2D eigenvalue weighted by molar-refractivity contribution is 0.0651. The van der Waals surface area contributed by atoms with Crippen molar-refractivity contribution < 1.29 is 24.0 Å². The normalized spacial score (nSPS) is 9.95. The largest absolute Gasteiger partial charge is 0.497 e. The predicted octanol–water partition coefficient (Wildman–Crippen LogP) is 1.63. The molecule has 2 N–H and O–H groups in total. The van der Waals surface area contributed by atoms with Crippen LogP contribution in [0.2, 0.25) is 0 Å². The van der Waals surface area contributed by atoms with Crippen LogP contribution in [0.25, 0.3) is 0 Å². The molecule has 2 aromatic rings. The molecule has 7 nitrogen and oxygen atoms in total. The number of carbonyl (C=O) groups excluding carboxylic acids is 1. The second-order valence-corrected chi connectivity index (χ2v) is 3.56. The molecular weight excluding hydrogens is 252 g/mol. The SMILES string of the molecule is COc1ccc(NC(=O)c2cc(C(=O)O)on2)cc1. The number of carboxylic acid groups (broad SMARTS) is 1. The van der Waals surface area contributed by atoms with Gasteiger partial charge in [-0.05, 0) is 24.3 Å². The maximum Gasteiger partial charge on any atom is 0.374 e. The van der Waals surface area contributed by atoms with Gasteiger partial charge in [-0.2, -0.15) is 0 Å². The van der Waals surface area contributed by atoms with Crippen LogP contribution < -0.4 is 10.1 Å². The van der Waals surface area contributed by atoms with Crippen molar-refractivity contribution in [3.05, 3.63) is 41.8 Å². The van der Waals surface area contributed by atoms with Crippen molar-refractivity contribution in [2.75, 3.05) is 12.4 Å². The Hall–Kier alpha value is -2.83. The summed E-state index contributed by atoms with van der Waals surface area (Å²) in [4.78, 5) is 22.3. The highest BCUT2D eigenvalue weighted by Gasteiger charge is 2.16. The Kier molecular flexibility index (Phi) is 3.46. The van der Waals surface area contributed by atoms with Gasteiger partial charge in [0.25, 0.3) is 5.91 Å². The Morgan fingerprint density at radius 2 is 2.00 bits per heavy atom. The Morgan fingerprint density at radius 1 is 1.32 bits per heavy atom. The molecule has 0 saturated carbocycles. The van der Waals surface area contributed by atoms with Crippen molar-refractivity contribution in [3.63, 3.8) is 0 Å². The highest BCUT2D eigenvalue weighted by molar-refractivity contribution is 6.03. The quantitative estimate of drug-likeness (QED) is 0.868. The second-order valence-electron chi connectivity index (χ2n) is 3.56. The smallest absolute Gasteiger partial charge is 0.374 e. The van der Waals surface area contributed by atoms with E-state index in [9.17, 15) is 9.59 Å². The number of nitrogens with zero attached hydrogens (tertiary/aromatic N) is 1. The number of carboxylic acids is 1. The van der Waals surface area contributed by atoms with Crippen LogP contribution in [0, 0.1) is 0 Å². The average molecular weight is 262 g/mol. The Balaban J connectivity index is 2.08. The molecule has 0 saturated heterocycles. The number of benzene rings is 1. The van der Waals surface area contributed by atoms with Crippen LogP contribution in [-0.2, 0) is 0 Å². The predicted molar refractivity (Wildman–Crippen MR) is 64.4 cm³/mol. The number of hydrogen-bond donors (Lipinski definition) is 2. The van der Waals surface area contributed by atoms with Gasteiger partial charge in [0.05, 0.1) is 7.11 Å². The summed E-state index contributed by atoms with van der Waals surface area (Å²) in [6.45, 7) is 0. The van der Waals surface area contributed by atoms with Crippen LogP contribution in [0.5, 0.6) is 5.75 Å². The molecule has 0 aliphatic carbocycles. The van der Waals surface area contributed by atoms with E-state index in [1.54, 1.807) is 24.3 Å². The van der Waals surface area contributed by atoms with Crippen LogP contribution in [0.4, 0.5) is 5.69 Å². The number of rotatable bonds is 4. The standard InChI is InChI=1S/C12H10N2O5/c1-18-8-4-2-7(3-5-8)13-11(15)9-6-10(12(16)17)19-14-9/h2-6H,1H3,(H,13,15)(H,16,17). The fourth-order valence-corrected chi connectivity index (χ4v) is 1.35. The minimum absolute atomic E-state index is 0.104. The molecule has 1 aromatic heterocycles. The number of anilines is 1. The first-order chi connectivity index (χ1) is 9.10. The van der Waals surface area contributed by atoms with Crippen molar-refractivity contribution in [1.29, 1.82) is 0 Å². The molecule has 1 amide bonds. The molecule has 7 heteroatoms. The molecule has 1 aromatic carbocycles. The first-order valence-corrected chi connectivity index (χ1v) is 5.25. The summed E-state index contributed by atoms with van der Waals surface area (Å²) in [6.07, 6.45) is 0. The Labute approximate surface area is 107 Å². The summed E-state index contributed by atoms with van der Waals surface area (Å²) in [6, 6.07) is 7.72. The van der Waals surface area contributed by atoms with Crippen LogP contribution in [-0.4, -0.2) is 29.2 Å². The van der Waals surface area contributed by atoms with Gasteiger partial charge in [0, 0.05) is 11.8 Å². The van der Waals surface area contributed by atoms with Gasteiger partial charge >= 0.3 is 5.97 Å². The first kappa shape index (κ1) is 12.6. The van der Waals surface area contributed by atoms with E-state index < -0.39 is 11.9 Å². The lowest BCUT2D eigenvalue weighted by Gasteiger charge is -2.03. The van der Waals surface area contributed by atoms with E-state index in [2.05, 4.69) is 15.0 Å². The van der Waals surface area contributed by atoms with Gasteiger partial charge in [0.2, 0.25) is 5.76 Å². The molecule has 0 aliphatic heterocycles. The number of aromatic nitrogens is 1. The van der Waals surface area contributed by atoms with E-state index >= 15 is 0 Å². The lowest BCUT2D eigenvalue weighted by Crippen LogP contribution is -2.12. The van der Waals surface area contributed by atoms with E-state index in [-0.39, 0.29) is 11.5 Å². The van der Waals surface area contributed by atoms with Gasteiger partial charge in [0.15, 0.2) is 5.69 Å². The number of nitrogens with one attached hydrogen (secondary N) is 1. The van der Waals surface area contributed by atoms with E-state index in [0.717, 1.165) is 6.07 Å². The highest BCUT2D eigenvalue weighted by atomic mass is 16.5. The van der Waals surface area contributed by atoms with Crippen molar-refractivity contribution in [2.45, 2.75) is 0 Å². The maximum absolute atomic E-state index is 11.7. The number of aromatic carboxylic acids is 1. The molecule has 1 heterocycles. The third-order valence-electron chi connectivity index (χ3n) is 2.30. The van der Waals surface area contributed by atoms with Crippen LogP contribution >= 0.6 is 0 Å². The molecule has 19 heavy (non-hydrogen) atoms. The van der Waals surface area contributed by atoms with Crippen LogP contribution in [0.1, 0.15) is 21.0 Å². The van der Waals surface area contributed by atoms with Gasteiger partial charge in [0.1, 0.15) is 5.75 Å². The average Bonchev–Trinajstić information content (AvgIpc) is 2.89. The highest BCUT2D eigenvalue weighted by Crippen LogP contribution is 2.16. The molecular formula is C12H10N2O5. The minimum Gasteiger partial charge on any atom is -0.497 e. The molecule has 0 fully saturated rings. The number of carbonyl (C=O) groups is 2. The molecule has 0 aliphatic rings. The minimum atomic E-state index is -1.28. The Morgan fingerprint density at radius 3 is 2.53 bits per heavy atom. The van der Waals surface area contributed by atoms with Gasteiger partial charge in [-0.1, -0.05) is 5.16 Å². The van der Waals surface area contributed by atoms with E-state index in [1.165, 1.54) is 7.11 Å². The van der Waals surface area contributed by atoms with Crippen LogP contribution in [0.3, 0.4) is 0 Å². The number of amides is 1. The monoisotopic (exact) mass is 262 g/mol. The van der Waals surface area contributed by atoms with E-state index in [4.69, 9.17) is 9.84 Å². The summed E-state index contributed by atoms with van der Waals surface area (Å²) in [5, 5.41) is 14.6. The van der Waals surface area contributed by atoms with Gasteiger partial charge < -0.3 is 19.7 Å². The lowest BCUT2D eigenvalue weighted by atomic mass is 10.3. The van der Waals surface area contributed by atoms with Crippen molar-refractivity contribution in [2.24, 2.45) is 0 Å². The summed E-state index contributed by atoms with van der Waals surface area (Å²) in [5.41, 5.74) is 0.430. The second kappa shape index (κ2) is 5.21. The van der Waals surface area contributed by atoms with Gasteiger partial charge in [-0.3, -0.25) is 4.79 Å². The zero-order valence-corrected chi connectivity index (χ0v) is 9.91. The van der Waals surface area contributed by atoms with Gasteiger partial charge in [-0.25, -0.2) is 4.79 Å². The molecule has 0 radical (unpaired) electrons. The molecule has 0 spiro atoms. The van der Waals surface area contributed by atoms with Crippen molar-refractivity contribution in [3.8, 4) is 5.75 Å². The van der Waals surface area contributed by atoms with Gasteiger partial charge in [-0.15, -0.1) is 0 Å². The first-order valence-electron chi connectivity index (χ1n) is 5.25. The summed E-state index contributed by atoms with van der Waals surface area (Å²) < 4.78 is 9.47. The Bertz CT molecular complexity index is 603. The summed E-state index contributed by atoms with van der Waals surface area (Å²) in [7, 11) is 1.54. The number of ether oxygens (including phenoxy) is 1. The molecule has 98 valence electrons. The molecule has 0 unspecified atom stereocenters. The van der Waals surface area contributed by atoms with E-state index in [0.29, 0.717) is 11.4 Å². The summed E-state index contributed by atoms with van der Waals surface area (Å²) in [5.74, 6) is -1.56. The fraction of sp³-hybridized carbons (Fsp3) is 0.0833. The van der Waals surface area contributed by atoms with Crippen molar-refractivity contribution >= 4 is 17.6 Å². The zero-order valence-electron chi connectivity index (χ0n) is 9.91. The topological polar surface area (TPSA) is 102 Å². The third kappa shape index (κ3) is 2.89. The maximum atomic E-state index is 11.7.